The van der Waals surface area contributed by atoms with Crippen molar-refractivity contribution < 1.29 is 23.5 Å². The number of para-hydroxylation sites is 1. The Kier molecular flexibility index (Phi) is 7.31. The van der Waals surface area contributed by atoms with E-state index in [0.29, 0.717) is 17.0 Å². The number of carbonyl (C=O) groups excluding carboxylic acids is 3. The third kappa shape index (κ3) is 5.96. The maximum Gasteiger partial charge on any atom is 0.294 e. The van der Waals surface area contributed by atoms with Crippen molar-refractivity contribution in [2.24, 2.45) is 0 Å². The molecule has 1 fully saturated rings. The minimum atomic E-state index is -0.538. The van der Waals surface area contributed by atoms with E-state index in [-0.39, 0.29) is 23.9 Å². The molecule has 0 spiro atoms. The van der Waals surface area contributed by atoms with Crippen LogP contribution in [0, 0.1) is 19.7 Å². The highest BCUT2D eigenvalue weighted by molar-refractivity contribution is 8.18. The maximum absolute atomic E-state index is 13.1. The fourth-order valence-corrected chi connectivity index (χ4v) is 4.24. The molecule has 1 aliphatic heterocycles. The van der Waals surface area contributed by atoms with Crippen LogP contribution < -0.4 is 10.1 Å². The highest BCUT2D eigenvalue weighted by Gasteiger charge is 2.36. The first-order valence-corrected chi connectivity index (χ1v) is 11.7. The van der Waals surface area contributed by atoms with Crippen molar-refractivity contribution in [2.45, 2.75) is 20.5 Å². The second-order valence-corrected chi connectivity index (χ2v) is 9.06. The van der Waals surface area contributed by atoms with E-state index in [1.807, 2.05) is 26.0 Å². The van der Waals surface area contributed by atoms with Crippen molar-refractivity contribution in [3.05, 3.63) is 99.7 Å². The van der Waals surface area contributed by atoms with Crippen LogP contribution in [0.3, 0.4) is 0 Å². The Morgan fingerprint density at radius 2 is 1.77 bits per heavy atom. The molecular formula is C27H23FN2O4S. The van der Waals surface area contributed by atoms with Gasteiger partial charge in [0.15, 0.2) is 0 Å². The number of nitrogens with one attached hydrogen (secondary N) is 1. The monoisotopic (exact) mass is 490 g/mol. The third-order valence-corrected chi connectivity index (χ3v) is 6.39. The van der Waals surface area contributed by atoms with Gasteiger partial charge in [0, 0.05) is 11.3 Å². The van der Waals surface area contributed by atoms with Gasteiger partial charge in [0.05, 0.1) is 4.91 Å². The molecule has 0 unspecified atom stereocenters. The van der Waals surface area contributed by atoms with Gasteiger partial charge in [-0.2, -0.15) is 0 Å². The average Bonchev–Trinajstić information content (AvgIpc) is 3.09. The average molecular weight is 491 g/mol. The summed E-state index contributed by atoms with van der Waals surface area (Å²) in [5, 5.41) is 2.22. The van der Waals surface area contributed by atoms with Crippen LogP contribution >= 0.6 is 11.8 Å². The quantitative estimate of drug-likeness (QED) is 0.430. The van der Waals surface area contributed by atoms with Gasteiger partial charge in [0.25, 0.3) is 11.1 Å². The number of hydrogen-bond acceptors (Lipinski definition) is 5. The summed E-state index contributed by atoms with van der Waals surface area (Å²) in [7, 11) is 0. The molecule has 0 saturated carbocycles. The topological polar surface area (TPSA) is 75.7 Å². The molecule has 178 valence electrons. The molecule has 0 radical (unpaired) electrons. The number of ether oxygens (including phenoxy) is 1. The van der Waals surface area contributed by atoms with Gasteiger partial charge in [0.1, 0.15) is 24.7 Å². The van der Waals surface area contributed by atoms with Crippen LogP contribution in [0.15, 0.2) is 71.6 Å². The van der Waals surface area contributed by atoms with Gasteiger partial charge in [-0.15, -0.1) is 0 Å². The largest absolute Gasteiger partial charge is 0.488 e. The number of amides is 3. The normalized spacial score (nSPS) is 14.5. The van der Waals surface area contributed by atoms with Gasteiger partial charge in [0.2, 0.25) is 5.91 Å². The molecular weight excluding hydrogens is 467 g/mol. The minimum absolute atomic E-state index is 0.201. The van der Waals surface area contributed by atoms with Crippen LogP contribution in [0.2, 0.25) is 0 Å². The lowest BCUT2D eigenvalue weighted by molar-refractivity contribution is -0.127. The molecule has 8 heteroatoms. The Bertz CT molecular complexity index is 1320. The lowest BCUT2D eigenvalue weighted by Gasteiger charge is -2.13. The molecule has 1 aliphatic rings. The van der Waals surface area contributed by atoms with Crippen molar-refractivity contribution in [1.82, 2.24) is 4.90 Å². The van der Waals surface area contributed by atoms with Crippen LogP contribution in [0.1, 0.15) is 22.3 Å². The van der Waals surface area contributed by atoms with E-state index in [1.165, 1.54) is 12.1 Å². The Morgan fingerprint density at radius 3 is 2.51 bits per heavy atom. The zero-order chi connectivity index (χ0) is 24.9. The second kappa shape index (κ2) is 10.6. The predicted octanol–water partition coefficient (Wildman–Crippen LogP) is 5.70. The van der Waals surface area contributed by atoms with Crippen molar-refractivity contribution in [2.75, 3.05) is 11.9 Å². The molecule has 6 nitrogen and oxygen atoms in total. The Morgan fingerprint density at radius 1 is 1.03 bits per heavy atom. The minimum Gasteiger partial charge on any atom is -0.488 e. The maximum atomic E-state index is 13.1. The van der Waals surface area contributed by atoms with Gasteiger partial charge >= 0.3 is 0 Å². The van der Waals surface area contributed by atoms with Crippen LogP contribution in [-0.4, -0.2) is 28.5 Å². The highest BCUT2D eigenvalue weighted by atomic mass is 32.2. The third-order valence-electron chi connectivity index (χ3n) is 5.48. The number of aryl methyl sites for hydroxylation is 2. The molecule has 0 bridgehead atoms. The lowest BCUT2D eigenvalue weighted by Crippen LogP contribution is -2.36. The van der Waals surface area contributed by atoms with Crippen molar-refractivity contribution in [3.63, 3.8) is 0 Å². The standard InChI is InChI=1S/C27H23FN2O4S/c1-17-7-12-22(13-18(17)2)29-25(31)15-30-26(32)24(35-27(30)33)14-20-5-3-4-6-23(20)34-16-19-8-10-21(28)11-9-19/h3-14H,15-16H2,1-2H3,(H,29,31)/b24-14+. The zero-order valence-electron chi connectivity index (χ0n) is 19.2. The smallest absolute Gasteiger partial charge is 0.294 e. The first-order valence-electron chi connectivity index (χ1n) is 10.9. The first kappa shape index (κ1) is 24.2. The number of rotatable bonds is 7. The SMILES string of the molecule is Cc1ccc(NC(=O)CN2C(=O)S/C(=C/c3ccccc3OCc3ccc(F)cc3)C2=O)cc1C. The number of benzene rings is 3. The number of halogens is 1. The Labute approximate surface area is 206 Å². The van der Waals surface area contributed by atoms with Crippen molar-refractivity contribution in [3.8, 4) is 5.75 Å². The summed E-state index contributed by atoms with van der Waals surface area (Å²) in [6.07, 6.45) is 1.58. The number of nitrogens with zero attached hydrogens (tertiary/aromatic N) is 1. The summed E-state index contributed by atoms with van der Waals surface area (Å²) >= 11 is 0.775. The number of hydrogen-bond donors (Lipinski definition) is 1. The zero-order valence-corrected chi connectivity index (χ0v) is 20.0. The number of thioether (sulfide) groups is 1. The summed E-state index contributed by atoms with van der Waals surface area (Å²) in [5.41, 5.74) is 4.13. The van der Waals surface area contributed by atoms with E-state index >= 15 is 0 Å². The Hall–Kier alpha value is -3.91. The van der Waals surface area contributed by atoms with E-state index in [0.717, 1.165) is 33.4 Å². The summed E-state index contributed by atoms with van der Waals surface area (Å²) < 4.78 is 19.0. The van der Waals surface area contributed by atoms with E-state index in [9.17, 15) is 18.8 Å². The second-order valence-electron chi connectivity index (χ2n) is 8.07. The summed E-state index contributed by atoms with van der Waals surface area (Å²) in [6, 6.07) is 18.6. The lowest BCUT2D eigenvalue weighted by atomic mass is 10.1. The summed E-state index contributed by atoms with van der Waals surface area (Å²) in [4.78, 5) is 39.0. The molecule has 4 rings (SSSR count). The van der Waals surface area contributed by atoms with Crippen LogP contribution in [0.4, 0.5) is 14.9 Å². The van der Waals surface area contributed by atoms with E-state index in [4.69, 9.17) is 4.74 Å². The number of carbonyl (C=O) groups is 3. The number of imide groups is 1. The fourth-order valence-electron chi connectivity index (χ4n) is 3.41. The van der Waals surface area contributed by atoms with Crippen LogP contribution in [0.25, 0.3) is 6.08 Å². The molecule has 0 atom stereocenters. The van der Waals surface area contributed by atoms with E-state index in [1.54, 1.807) is 48.5 Å². The molecule has 0 aromatic heterocycles. The fraction of sp³-hybridized carbons (Fsp3) is 0.148. The molecule has 3 aromatic rings. The molecule has 3 aromatic carbocycles. The molecule has 1 saturated heterocycles. The first-order chi connectivity index (χ1) is 16.8. The van der Waals surface area contributed by atoms with Gasteiger partial charge in [-0.25, -0.2) is 4.39 Å². The van der Waals surface area contributed by atoms with E-state index < -0.39 is 17.1 Å². The summed E-state index contributed by atoms with van der Waals surface area (Å²) in [6.45, 7) is 3.75. The molecule has 35 heavy (non-hydrogen) atoms. The van der Waals surface area contributed by atoms with Gasteiger partial charge in [-0.05, 0) is 78.7 Å². The Balaban J connectivity index is 1.44. The van der Waals surface area contributed by atoms with Crippen molar-refractivity contribution in [1.29, 1.82) is 0 Å². The van der Waals surface area contributed by atoms with Crippen LogP contribution in [0.5, 0.6) is 5.75 Å². The predicted molar refractivity (Wildman–Crippen MR) is 134 cm³/mol. The molecule has 1 N–H and O–H groups in total. The van der Waals surface area contributed by atoms with Crippen molar-refractivity contribution >= 4 is 40.6 Å². The van der Waals surface area contributed by atoms with E-state index in [2.05, 4.69) is 5.32 Å². The molecule has 0 aliphatic carbocycles. The highest BCUT2D eigenvalue weighted by Crippen LogP contribution is 2.34. The van der Waals surface area contributed by atoms with Gasteiger partial charge < -0.3 is 10.1 Å². The van der Waals surface area contributed by atoms with Gasteiger partial charge in [-0.1, -0.05) is 36.4 Å². The molecule has 1 heterocycles. The summed E-state index contributed by atoms with van der Waals surface area (Å²) in [5.74, 6) is -0.813. The number of anilines is 1. The van der Waals surface area contributed by atoms with Gasteiger partial charge in [-0.3, -0.25) is 19.3 Å². The molecule has 3 amide bonds. The van der Waals surface area contributed by atoms with Crippen LogP contribution in [-0.2, 0) is 16.2 Å².